The van der Waals surface area contributed by atoms with Crippen LogP contribution in [0.4, 0.5) is 8.78 Å². The summed E-state index contributed by atoms with van der Waals surface area (Å²) in [6.45, 7) is 0.312. The molecule has 2 rings (SSSR count). The maximum Gasteiger partial charge on any atom is 0.181 e. The van der Waals surface area contributed by atoms with Crippen LogP contribution in [0, 0.1) is 11.6 Å². The van der Waals surface area contributed by atoms with Crippen molar-refractivity contribution in [1.82, 2.24) is 4.90 Å². The van der Waals surface area contributed by atoms with Gasteiger partial charge in [-0.25, -0.2) is 17.2 Å². The van der Waals surface area contributed by atoms with Crippen molar-refractivity contribution in [2.75, 3.05) is 19.3 Å². The predicted molar refractivity (Wildman–Crippen MR) is 91.2 cm³/mol. The molecular weight excluding hydrogens is 379 g/mol. The molecule has 8 heteroatoms. The minimum Gasteiger partial charge on any atom is -0.301 e. The van der Waals surface area contributed by atoms with Gasteiger partial charge in [-0.2, -0.15) is 0 Å². The molecule has 0 saturated carbocycles. The Bertz CT molecular complexity index is 844. The number of nitrogens with zero attached hydrogens (tertiary/aromatic N) is 1. The summed E-state index contributed by atoms with van der Waals surface area (Å²) < 4.78 is 51.3. The van der Waals surface area contributed by atoms with Gasteiger partial charge in [-0.3, -0.25) is 0 Å². The highest BCUT2D eigenvalue weighted by Crippen LogP contribution is 2.26. The van der Waals surface area contributed by atoms with E-state index in [0.717, 1.165) is 12.1 Å². The lowest BCUT2D eigenvalue weighted by molar-refractivity contribution is 0.339. The van der Waals surface area contributed by atoms with E-state index in [0.29, 0.717) is 0 Å². The Balaban J connectivity index is 2.05. The molecule has 0 N–H and O–H groups in total. The Morgan fingerprint density at radius 2 is 1.79 bits per heavy atom. The van der Waals surface area contributed by atoms with Gasteiger partial charge in [0.1, 0.15) is 11.6 Å². The normalized spacial score (nSPS) is 11.9. The minimum absolute atomic E-state index is 0.0296. The van der Waals surface area contributed by atoms with Gasteiger partial charge >= 0.3 is 0 Å². The SMILES string of the molecule is CN(CCS(=O)(=O)c1cc(Cl)ccc1Cl)Cc1ccc(F)cc1F. The molecule has 0 saturated heterocycles. The second kappa shape index (κ2) is 7.78. The number of hydrogen-bond donors (Lipinski definition) is 0. The Kier molecular flexibility index (Phi) is 6.20. The number of rotatable bonds is 6. The average Bonchev–Trinajstić information content (AvgIpc) is 2.50. The van der Waals surface area contributed by atoms with Crippen LogP contribution < -0.4 is 0 Å². The van der Waals surface area contributed by atoms with Crippen LogP contribution in [0.3, 0.4) is 0 Å². The Hall–Kier alpha value is -1.21. The predicted octanol–water partition coefficient (Wildman–Crippen LogP) is 4.18. The van der Waals surface area contributed by atoms with Gasteiger partial charge in [0.05, 0.1) is 15.7 Å². The Morgan fingerprint density at radius 3 is 2.46 bits per heavy atom. The Labute approximate surface area is 149 Å². The van der Waals surface area contributed by atoms with Gasteiger partial charge in [-0.05, 0) is 31.3 Å². The van der Waals surface area contributed by atoms with Crippen LogP contribution in [0.5, 0.6) is 0 Å². The summed E-state index contributed by atoms with van der Waals surface area (Å²) in [4.78, 5) is 1.60. The van der Waals surface area contributed by atoms with Crippen LogP contribution in [0.25, 0.3) is 0 Å². The zero-order valence-electron chi connectivity index (χ0n) is 12.8. The van der Waals surface area contributed by atoms with Crippen LogP contribution in [-0.4, -0.2) is 32.7 Å². The van der Waals surface area contributed by atoms with Gasteiger partial charge in [0, 0.05) is 29.7 Å². The lowest BCUT2D eigenvalue weighted by atomic mass is 10.2. The van der Waals surface area contributed by atoms with E-state index >= 15 is 0 Å². The number of halogens is 4. The summed E-state index contributed by atoms with van der Waals surface area (Å²) in [5, 5.41) is 0.381. The van der Waals surface area contributed by atoms with Crippen molar-refractivity contribution >= 4 is 33.0 Å². The Morgan fingerprint density at radius 1 is 1.08 bits per heavy atom. The quantitative estimate of drug-likeness (QED) is 0.738. The summed E-state index contributed by atoms with van der Waals surface area (Å²) in [5.41, 5.74) is 0.289. The molecule has 3 nitrogen and oxygen atoms in total. The first kappa shape index (κ1) is 19.1. The molecule has 130 valence electrons. The molecule has 0 atom stereocenters. The molecule has 24 heavy (non-hydrogen) atoms. The number of hydrogen-bond acceptors (Lipinski definition) is 3. The van der Waals surface area contributed by atoms with Gasteiger partial charge < -0.3 is 4.90 Å². The van der Waals surface area contributed by atoms with E-state index in [4.69, 9.17) is 23.2 Å². The highest BCUT2D eigenvalue weighted by Gasteiger charge is 2.19. The van der Waals surface area contributed by atoms with Crippen LogP contribution in [0.15, 0.2) is 41.3 Å². The molecule has 0 fully saturated rings. The van der Waals surface area contributed by atoms with Crippen molar-refractivity contribution in [3.63, 3.8) is 0 Å². The van der Waals surface area contributed by atoms with E-state index in [1.807, 2.05) is 0 Å². The topological polar surface area (TPSA) is 37.4 Å². The lowest BCUT2D eigenvalue weighted by Gasteiger charge is -2.17. The van der Waals surface area contributed by atoms with E-state index in [1.165, 1.54) is 24.3 Å². The van der Waals surface area contributed by atoms with Crippen LogP contribution in [0.2, 0.25) is 10.0 Å². The fourth-order valence-corrected chi connectivity index (χ4v) is 4.27. The highest BCUT2D eigenvalue weighted by molar-refractivity contribution is 7.91. The summed E-state index contributed by atoms with van der Waals surface area (Å²) in [7, 11) is -1.98. The zero-order chi connectivity index (χ0) is 17.9. The first-order valence-electron chi connectivity index (χ1n) is 6.99. The van der Waals surface area contributed by atoms with Gasteiger partial charge in [0.25, 0.3) is 0 Å². The first-order chi connectivity index (χ1) is 11.2. The largest absolute Gasteiger partial charge is 0.301 e. The zero-order valence-corrected chi connectivity index (χ0v) is 15.1. The first-order valence-corrected chi connectivity index (χ1v) is 9.40. The summed E-state index contributed by atoms with van der Waals surface area (Å²) in [6, 6.07) is 7.53. The third-order valence-corrected chi connectivity index (χ3v) is 5.83. The third-order valence-electron chi connectivity index (χ3n) is 3.43. The molecule has 0 unspecified atom stereocenters. The standard InChI is InChI=1S/C16H15Cl2F2NO2S/c1-21(10-11-2-4-13(19)9-15(11)20)6-7-24(22,23)16-8-12(17)3-5-14(16)18/h2-5,8-9H,6-7,10H2,1H3. The van der Waals surface area contributed by atoms with E-state index in [-0.39, 0.29) is 39.3 Å². The van der Waals surface area contributed by atoms with Crippen molar-refractivity contribution < 1.29 is 17.2 Å². The van der Waals surface area contributed by atoms with Crippen molar-refractivity contribution in [3.05, 3.63) is 63.6 Å². The summed E-state index contributed by atoms with van der Waals surface area (Å²) >= 11 is 11.7. The van der Waals surface area contributed by atoms with Gasteiger partial charge in [0.2, 0.25) is 0 Å². The minimum atomic E-state index is -3.63. The fraction of sp³-hybridized carbons (Fsp3) is 0.250. The molecule has 2 aromatic rings. The maximum absolute atomic E-state index is 13.6. The third kappa shape index (κ3) is 4.89. The number of benzene rings is 2. The molecule has 2 aromatic carbocycles. The van der Waals surface area contributed by atoms with Crippen LogP contribution >= 0.6 is 23.2 Å². The lowest BCUT2D eigenvalue weighted by Crippen LogP contribution is -2.26. The molecule has 0 bridgehead atoms. The van der Waals surface area contributed by atoms with E-state index < -0.39 is 21.5 Å². The van der Waals surface area contributed by atoms with Crippen molar-refractivity contribution in [2.24, 2.45) is 0 Å². The number of sulfone groups is 1. The van der Waals surface area contributed by atoms with Crippen LogP contribution in [0.1, 0.15) is 5.56 Å². The molecule has 0 aliphatic heterocycles. The highest BCUT2D eigenvalue weighted by atomic mass is 35.5. The molecule has 0 aromatic heterocycles. The molecule has 0 aliphatic rings. The van der Waals surface area contributed by atoms with Gasteiger partial charge in [-0.15, -0.1) is 0 Å². The van der Waals surface area contributed by atoms with Gasteiger partial charge in [0.15, 0.2) is 9.84 Å². The molecule has 0 amide bonds. The fourth-order valence-electron chi connectivity index (χ4n) is 2.12. The van der Waals surface area contributed by atoms with E-state index in [9.17, 15) is 17.2 Å². The summed E-state index contributed by atoms with van der Waals surface area (Å²) in [6.07, 6.45) is 0. The molecule has 0 radical (unpaired) electrons. The van der Waals surface area contributed by atoms with Crippen LogP contribution in [-0.2, 0) is 16.4 Å². The molecular formula is C16H15Cl2F2NO2S. The molecule has 0 aliphatic carbocycles. The molecule has 0 spiro atoms. The second-order valence-electron chi connectivity index (χ2n) is 5.37. The molecule has 0 heterocycles. The monoisotopic (exact) mass is 393 g/mol. The second-order valence-corrected chi connectivity index (χ2v) is 8.29. The average molecular weight is 394 g/mol. The van der Waals surface area contributed by atoms with Crippen molar-refractivity contribution in [1.29, 1.82) is 0 Å². The van der Waals surface area contributed by atoms with E-state index in [2.05, 4.69) is 0 Å². The summed E-state index contributed by atoms with van der Waals surface area (Å²) in [5.74, 6) is -1.52. The van der Waals surface area contributed by atoms with Crippen molar-refractivity contribution in [3.8, 4) is 0 Å². The smallest absolute Gasteiger partial charge is 0.181 e. The van der Waals surface area contributed by atoms with E-state index in [1.54, 1.807) is 11.9 Å². The maximum atomic E-state index is 13.6. The van der Waals surface area contributed by atoms with Crippen molar-refractivity contribution in [2.45, 2.75) is 11.4 Å². The van der Waals surface area contributed by atoms with Gasteiger partial charge in [-0.1, -0.05) is 29.3 Å².